The normalized spacial score (nSPS) is 30.4. The van der Waals surface area contributed by atoms with Gasteiger partial charge in [-0.15, -0.1) is 0 Å². The van der Waals surface area contributed by atoms with Crippen molar-refractivity contribution in [2.45, 2.75) is 32.0 Å². The number of nitrogens with zero attached hydrogens (tertiary/aromatic N) is 1. The molecule has 0 bridgehead atoms. The number of rotatable bonds is 3. The summed E-state index contributed by atoms with van der Waals surface area (Å²) in [5, 5.41) is 9.80. The fourth-order valence-electron chi connectivity index (χ4n) is 6.41. The van der Waals surface area contributed by atoms with Crippen LogP contribution in [0.2, 0.25) is 18.6 Å². The smallest absolute Gasteiger partial charge is 0.129 e. The molecule has 5 rings (SSSR count). The molecule has 4 heteroatoms. The lowest BCUT2D eigenvalue weighted by molar-refractivity contribution is 0.280. The van der Waals surface area contributed by atoms with Gasteiger partial charge in [0.1, 0.15) is 8.24 Å². The molecule has 2 N–H and O–H groups in total. The van der Waals surface area contributed by atoms with E-state index in [4.69, 9.17) is 0 Å². The topological polar surface area (TPSA) is 27.3 Å². The van der Waals surface area contributed by atoms with Crippen molar-refractivity contribution in [1.82, 2.24) is 15.2 Å². The molecule has 2 fully saturated rings. The Bertz CT molecular complexity index is 952. The van der Waals surface area contributed by atoms with Gasteiger partial charge in [0, 0.05) is 20.0 Å². The molecular formula is C25H33N3Si. The SMILES string of the molecule is CC1CC2C(c3cccc4ccccc34)=CC=CC2C1[Si](C)(C)N1CNCNC1. The molecule has 0 amide bonds. The molecule has 0 aromatic heterocycles. The van der Waals surface area contributed by atoms with Gasteiger partial charge in [-0.3, -0.25) is 15.2 Å². The van der Waals surface area contributed by atoms with Gasteiger partial charge in [0.05, 0.1) is 0 Å². The molecule has 1 aliphatic heterocycles. The molecule has 3 aliphatic rings. The van der Waals surface area contributed by atoms with Crippen LogP contribution in [0.3, 0.4) is 0 Å². The van der Waals surface area contributed by atoms with Crippen molar-refractivity contribution in [3.63, 3.8) is 0 Å². The molecule has 2 aromatic rings. The summed E-state index contributed by atoms with van der Waals surface area (Å²) in [5.74, 6) is 2.06. The molecule has 29 heavy (non-hydrogen) atoms. The van der Waals surface area contributed by atoms with Crippen molar-refractivity contribution in [2.24, 2.45) is 17.8 Å². The van der Waals surface area contributed by atoms with E-state index in [1.165, 1.54) is 22.8 Å². The van der Waals surface area contributed by atoms with Gasteiger partial charge in [-0.2, -0.15) is 0 Å². The summed E-state index contributed by atoms with van der Waals surface area (Å²) in [7, 11) is -1.60. The quantitative estimate of drug-likeness (QED) is 0.706. The van der Waals surface area contributed by atoms with E-state index in [-0.39, 0.29) is 0 Å². The van der Waals surface area contributed by atoms with Crippen molar-refractivity contribution >= 4 is 24.6 Å². The summed E-state index contributed by atoms with van der Waals surface area (Å²) in [4.78, 5) is 0. The Balaban J connectivity index is 1.51. The molecular weight excluding hydrogens is 370 g/mol. The average Bonchev–Trinajstić information content (AvgIpc) is 3.10. The van der Waals surface area contributed by atoms with E-state index in [1.54, 1.807) is 5.57 Å². The first kappa shape index (κ1) is 19.3. The van der Waals surface area contributed by atoms with E-state index in [2.05, 4.69) is 95.9 Å². The van der Waals surface area contributed by atoms with Gasteiger partial charge in [0.15, 0.2) is 0 Å². The minimum atomic E-state index is -1.60. The second-order valence-corrected chi connectivity index (χ2v) is 14.2. The number of benzene rings is 2. The van der Waals surface area contributed by atoms with E-state index in [0.717, 1.165) is 31.5 Å². The van der Waals surface area contributed by atoms with Crippen molar-refractivity contribution in [3.8, 4) is 0 Å². The van der Waals surface area contributed by atoms with E-state index in [1.807, 2.05) is 0 Å². The van der Waals surface area contributed by atoms with Crippen molar-refractivity contribution < 1.29 is 0 Å². The second-order valence-electron chi connectivity index (χ2n) is 9.64. The van der Waals surface area contributed by atoms with E-state index >= 15 is 0 Å². The number of nitrogens with one attached hydrogen (secondary N) is 2. The number of hydrogen-bond donors (Lipinski definition) is 2. The third-order valence-electron chi connectivity index (χ3n) is 7.71. The van der Waals surface area contributed by atoms with Gasteiger partial charge in [-0.05, 0) is 51.6 Å². The average molecular weight is 404 g/mol. The Kier molecular flexibility index (Phi) is 4.99. The maximum absolute atomic E-state index is 3.53. The van der Waals surface area contributed by atoms with Crippen LogP contribution in [-0.4, -0.2) is 32.8 Å². The fraction of sp³-hybridized carbons (Fsp3) is 0.440. The van der Waals surface area contributed by atoms with Crippen molar-refractivity contribution in [2.75, 3.05) is 20.0 Å². The first-order valence-corrected chi connectivity index (χ1v) is 14.1. The number of fused-ring (bicyclic) bond motifs is 2. The zero-order chi connectivity index (χ0) is 20.0. The zero-order valence-corrected chi connectivity index (χ0v) is 18.9. The van der Waals surface area contributed by atoms with Crippen LogP contribution >= 0.6 is 0 Å². The van der Waals surface area contributed by atoms with Crippen LogP contribution in [0, 0.1) is 17.8 Å². The van der Waals surface area contributed by atoms with Gasteiger partial charge in [0.2, 0.25) is 0 Å². The monoisotopic (exact) mass is 403 g/mol. The van der Waals surface area contributed by atoms with Crippen LogP contribution in [0.25, 0.3) is 16.3 Å². The van der Waals surface area contributed by atoms with E-state index in [9.17, 15) is 0 Å². The molecule has 0 radical (unpaired) electrons. The first-order valence-electron chi connectivity index (χ1n) is 11.1. The summed E-state index contributed by atoms with van der Waals surface area (Å²) in [5.41, 5.74) is 3.78. The maximum atomic E-state index is 3.53. The summed E-state index contributed by atoms with van der Waals surface area (Å²) in [6, 6.07) is 15.7. The lowest BCUT2D eigenvalue weighted by atomic mass is 9.80. The minimum Gasteiger partial charge on any atom is -0.299 e. The summed E-state index contributed by atoms with van der Waals surface area (Å²) < 4.78 is 2.73. The summed E-state index contributed by atoms with van der Waals surface area (Å²) in [6.07, 6.45) is 8.59. The predicted octanol–water partition coefficient (Wildman–Crippen LogP) is 5.01. The minimum absolute atomic E-state index is 0.642. The molecule has 0 spiro atoms. The first-order chi connectivity index (χ1) is 14.1. The Morgan fingerprint density at radius 2 is 1.76 bits per heavy atom. The van der Waals surface area contributed by atoms with E-state index < -0.39 is 8.24 Å². The lowest BCUT2D eigenvalue weighted by Gasteiger charge is -2.47. The maximum Gasteiger partial charge on any atom is 0.129 e. The van der Waals surface area contributed by atoms with Crippen molar-refractivity contribution in [3.05, 3.63) is 66.3 Å². The lowest BCUT2D eigenvalue weighted by Crippen LogP contribution is -2.63. The molecule has 1 saturated carbocycles. The van der Waals surface area contributed by atoms with Gasteiger partial charge >= 0.3 is 0 Å². The molecule has 2 aliphatic carbocycles. The van der Waals surface area contributed by atoms with Gasteiger partial charge < -0.3 is 0 Å². The standard InChI is InChI=1S/C25H33N3Si/c1-18-14-24-22(21-11-6-9-19-8-4-5-10-20(19)21)12-7-13-23(24)25(18)29(2,3)28-16-26-15-27-17-28/h4-13,18,23-27H,14-17H2,1-3H3. The third kappa shape index (κ3) is 3.23. The molecule has 3 nitrogen and oxygen atoms in total. The Labute approximate surface area is 176 Å². The Morgan fingerprint density at radius 3 is 2.59 bits per heavy atom. The van der Waals surface area contributed by atoms with Crippen LogP contribution in [0.5, 0.6) is 0 Å². The van der Waals surface area contributed by atoms with Gasteiger partial charge in [-0.25, -0.2) is 0 Å². The van der Waals surface area contributed by atoms with Crippen LogP contribution in [-0.2, 0) is 0 Å². The molecule has 2 aromatic carbocycles. The molecule has 152 valence electrons. The summed E-state index contributed by atoms with van der Waals surface area (Å²) in [6.45, 7) is 10.7. The Hall–Kier alpha value is -1.72. The Morgan fingerprint density at radius 1 is 1.00 bits per heavy atom. The molecule has 4 unspecified atom stereocenters. The van der Waals surface area contributed by atoms with Crippen LogP contribution in [0.15, 0.2) is 60.7 Å². The highest BCUT2D eigenvalue weighted by molar-refractivity contribution is 6.76. The molecule has 1 saturated heterocycles. The predicted molar refractivity (Wildman–Crippen MR) is 126 cm³/mol. The molecule has 1 heterocycles. The van der Waals surface area contributed by atoms with E-state index in [0.29, 0.717) is 11.8 Å². The second kappa shape index (κ2) is 7.51. The number of hydrogen-bond acceptors (Lipinski definition) is 3. The highest BCUT2D eigenvalue weighted by Crippen LogP contribution is 2.57. The van der Waals surface area contributed by atoms with Crippen molar-refractivity contribution in [1.29, 1.82) is 0 Å². The third-order valence-corrected chi connectivity index (χ3v) is 12.2. The highest BCUT2D eigenvalue weighted by Gasteiger charge is 2.52. The largest absolute Gasteiger partial charge is 0.299 e. The van der Waals surface area contributed by atoms with Crippen LogP contribution in [0.1, 0.15) is 18.9 Å². The van der Waals surface area contributed by atoms with Gasteiger partial charge in [0.25, 0.3) is 0 Å². The van der Waals surface area contributed by atoms with Crippen LogP contribution < -0.4 is 10.6 Å². The fourth-order valence-corrected chi connectivity index (χ4v) is 10.7. The van der Waals surface area contributed by atoms with Gasteiger partial charge in [-0.1, -0.05) is 80.7 Å². The highest BCUT2D eigenvalue weighted by atomic mass is 28.3. The molecule has 4 atom stereocenters. The zero-order valence-electron chi connectivity index (χ0n) is 17.9. The van der Waals surface area contributed by atoms with Crippen LogP contribution in [0.4, 0.5) is 0 Å². The number of allylic oxidation sites excluding steroid dienone is 4. The summed E-state index contributed by atoms with van der Waals surface area (Å²) >= 11 is 0.